The molecule has 34 heavy (non-hydrogen) atoms. The molecule has 0 radical (unpaired) electrons. The van der Waals surface area contributed by atoms with Gasteiger partial charge in [0.05, 0.1) is 11.6 Å². The van der Waals surface area contributed by atoms with Gasteiger partial charge in [-0.05, 0) is 19.8 Å². The van der Waals surface area contributed by atoms with Crippen LogP contribution in [-0.4, -0.2) is 62.1 Å². The molecule has 8 nitrogen and oxygen atoms in total. The van der Waals surface area contributed by atoms with Crippen LogP contribution in [0.15, 0.2) is 18.5 Å². The van der Waals surface area contributed by atoms with Crippen LogP contribution in [0.3, 0.4) is 0 Å². The Kier molecular flexibility index (Phi) is 5.09. The lowest BCUT2D eigenvalue weighted by Gasteiger charge is -2.54. The molecule has 5 heterocycles. The van der Waals surface area contributed by atoms with Crippen molar-refractivity contribution in [2.75, 3.05) is 36.0 Å². The van der Waals surface area contributed by atoms with E-state index in [-0.39, 0.29) is 22.7 Å². The molecule has 2 aliphatic rings. The molecule has 0 aromatic carbocycles. The third-order valence-corrected chi connectivity index (χ3v) is 6.29. The summed E-state index contributed by atoms with van der Waals surface area (Å²) >= 11 is 0. The Hall–Kier alpha value is -3.19. The maximum Gasteiger partial charge on any atom is 0.433 e. The number of halogens is 6. The minimum atomic E-state index is -4.53. The summed E-state index contributed by atoms with van der Waals surface area (Å²) in [7, 11) is 0. The van der Waals surface area contributed by atoms with Crippen LogP contribution >= 0.6 is 0 Å². The molecule has 3 aromatic heterocycles. The number of aromatic nitrogens is 6. The number of rotatable bonds is 3. The van der Waals surface area contributed by atoms with E-state index in [1.807, 2.05) is 9.80 Å². The van der Waals surface area contributed by atoms with Crippen molar-refractivity contribution >= 4 is 22.8 Å². The second-order valence-electron chi connectivity index (χ2n) is 8.87. The SMILES string of the molecule is Cc1nc(N2CC3(CCN(c4ncc5cnn(CC(F)(F)F)c5n4)CC3)C2)cc(C(F)(F)F)n1. The second-order valence-corrected chi connectivity index (χ2v) is 8.87. The van der Waals surface area contributed by atoms with Gasteiger partial charge in [-0.1, -0.05) is 0 Å². The predicted octanol–water partition coefficient (Wildman–Crippen LogP) is 3.61. The Morgan fingerprint density at radius 1 is 0.941 bits per heavy atom. The summed E-state index contributed by atoms with van der Waals surface area (Å²) in [6.07, 6.45) is -4.68. The van der Waals surface area contributed by atoms with Crippen LogP contribution in [-0.2, 0) is 12.7 Å². The number of hydrogen-bond donors (Lipinski definition) is 0. The van der Waals surface area contributed by atoms with Gasteiger partial charge in [-0.2, -0.15) is 36.4 Å². The summed E-state index contributed by atoms with van der Waals surface area (Å²) in [5, 5.41) is 4.19. The molecule has 0 bridgehead atoms. The minimum absolute atomic E-state index is 0.0596. The third kappa shape index (κ3) is 4.32. The van der Waals surface area contributed by atoms with E-state index in [1.54, 1.807) is 0 Å². The van der Waals surface area contributed by atoms with Gasteiger partial charge in [-0.25, -0.2) is 19.6 Å². The fraction of sp³-hybridized carbons (Fsp3) is 0.550. The molecular weight excluding hydrogens is 466 g/mol. The molecular formula is C20H20F6N8. The van der Waals surface area contributed by atoms with Crippen molar-refractivity contribution in [3.05, 3.63) is 30.0 Å². The highest BCUT2D eigenvalue weighted by molar-refractivity contribution is 5.74. The summed E-state index contributed by atoms with van der Waals surface area (Å²) in [4.78, 5) is 20.0. The Morgan fingerprint density at radius 3 is 2.29 bits per heavy atom. The molecule has 0 aliphatic carbocycles. The highest BCUT2D eigenvalue weighted by atomic mass is 19.4. The summed E-state index contributed by atoms with van der Waals surface area (Å²) < 4.78 is 78.5. The van der Waals surface area contributed by atoms with Gasteiger partial charge in [0.2, 0.25) is 5.95 Å². The van der Waals surface area contributed by atoms with Crippen LogP contribution in [0.25, 0.3) is 11.0 Å². The van der Waals surface area contributed by atoms with E-state index in [4.69, 9.17) is 0 Å². The Balaban J connectivity index is 1.25. The van der Waals surface area contributed by atoms with Crippen molar-refractivity contribution < 1.29 is 26.3 Å². The minimum Gasteiger partial charge on any atom is -0.355 e. The fourth-order valence-electron chi connectivity index (χ4n) is 4.58. The Labute approximate surface area is 189 Å². The first-order valence-corrected chi connectivity index (χ1v) is 10.6. The second kappa shape index (κ2) is 7.67. The molecule has 0 N–H and O–H groups in total. The number of aryl methyl sites for hydroxylation is 1. The number of anilines is 2. The first-order valence-electron chi connectivity index (χ1n) is 10.6. The van der Waals surface area contributed by atoms with Gasteiger partial charge in [0, 0.05) is 43.9 Å². The molecule has 0 atom stereocenters. The molecule has 1 spiro atoms. The average molecular weight is 486 g/mol. The van der Waals surface area contributed by atoms with E-state index in [9.17, 15) is 26.3 Å². The smallest absolute Gasteiger partial charge is 0.355 e. The number of nitrogens with zero attached hydrogens (tertiary/aromatic N) is 8. The van der Waals surface area contributed by atoms with Crippen LogP contribution in [0, 0.1) is 12.3 Å². The van der Waals surface area contributed by atoms with E-state index in [1.165, 1.54) is 19.3 Å². The van der Waals surface area contributed by atoms with Gasteiger partial charge in [0.1, 0.15) is 23.9 Å². The third-order valence-electron chi connectivity index (χ3n) is 6.29. The summed E-state index contributed by atoms with van der Waals surface area (Å²) in [6, 6.07) is 0.974. The van der Waals surface area contributed by atoms with Crippen molar-refractivity contribution in [3.8, 4) is 0 Å². The molecule has 2 fully saturated rings. The van der Waals surface area contributed by atoms with Crippen molar-refractivity contribution in [2.45, 2.75) is 38.7 Å². The van der Waals surface area contributed by atoms with Crippen LogP contribution in [0.2, 0.25) is 0 Å². The van der Waals surface area contributed by atoms with Gasteiger partial charge in [0.25, 0.3) is 0 Å². The quantitative estimate of drug-likeness (QED) is 0.524. The lowest BCUT2D eigenvalue weighted by atomic mass is 9.72. The van der Waals surface area contributed by atoms with Crippen molar-refractivity contribution in [1.82, 2.24) is 29.7 Å². The number of alkyl halides is 6. The topological polar surface area (TPSA) is 75.9 Å². The summed E-state index contributed by atoms with van der Waals surface area (Å²) in [6.45, 7) is 2.53. The Bertz CT molecular complexity index is 1200. The van der Waals surface area contributed by atoms with Crippen molar-refractivity contribution in [2.24, 2.45) is 5.41 Å². The standard InChI is InChI=1S/C20H20F6N8/c1-12-29-14(20(24,25)26)6-15(30-12)33-9-18(10-33)2-4-32(5-3-18)17-27-7-13-8-28-34(16(13)31-17)11-19(21,22)23/h6-8H,2-5,9-11H2,1H3. The highest BCUT2D eigenvalue weighted by Crippen LogP contribution is 2.43. The van der Waals surface area contributed by atoms with Gasteiger partial charge >= 0.3 is 12.4 Å². The van der Waals surface area contributed by atoms with Gasteiger partial charge in [0.15, 0.2) is 5.65 Å². The molecule has 14 heteroatoms. The van der Waals surface area contributed by atoms with Gasteiger partial charge in [-0.15, -0.1) is 0 Å². The zero-order valence-corrected chi connectivity index (χ0v) is 18.0. The summed E-state index contributed by atoms with van der Waals surface area (Å²) in [5.74, 6) is 0.668. The largest absolute Gasteiger partial charge is 0.433 e. The number of hydrogen-bond acceptors (Lipinski definition) is 7. The number of piperidine rings is 1. The zero-order valence-electron chi connectivity index (χ0n) is 18.0. The molecule has 0 saturated carbocycles. The first kappa shape index (κ1) is 22.6. The van der Waals surface area contributed by atoms with Crippen LogP contribution < -0.4 is 9.80 Å². The molecule has 2 saturated heterocycles. The zero-order chi connectivity index (χ0) is 24.3. The lowest BCUT2D eigenvalue weighted by Crippen LogP contribution is -2.61. The highest BCUT2D eigenvalue weighted by Gasteiger charge is 2.46. The van der Waals surface area contributed by atoms with Gasteiger partial charge in [-0.3, -0.25) is 0 Å². The van der Waals surface area contributed by atoms with E-state index < -0.39 is 24.6 Å². The fourth-order valence-corrected chi connectivity index (χ4v) is 4.58. The Morgan fingerprint density at radius 2 is 1.65 bits per heavy atom. The van der Waals surface area contributed by atoms with Crippen LogP contribution in [0.1, 0.15) is 24.4 Å². The molecule has 0 unspecified atom stereocenters. The number of fused-ring (bicyclic) bond motifs is 1. The molecule has 2 aliphatic heterocycles. The summed E-state index contributed by atoms with van der Waals surface area (Å²) in [5.41, 5.74) is -0.893. The van der Waals surface area contributed by atoms with Gasteiger partial charge < -0.3 is 9.80 Å². The normalized spacial score (nSPS) is 18.6. The maximum atomic E-state index is 13.1. The van der Waals surface area contributed by atoms with E-state index >= 15 is 0 Å². The van der Waals surface area contributed by atoms with Crippen LogP contribution in [0.5, 0.6) is 0 Å². The van der Waals surface area contributed by atoms with Crippen molar-refractivity contribution in [3.63, 3.8) is 0 Å². The van der Waals surface area contributed by atoms with E-state index in [2.05, 4.69) is 25.0 Å². The lowest BCUT2D eigenvalue weighted by molar-refractivity contribution is -0.142. The first-order chi connectivity index (χ1) is 15.9. The average Bonchev–Trinajstić information content (AvgIpc) is 3.11. The van der Waals surface area contributed by atoms with E-state index in [0.29, 0.717) is 37.5 Å². The van der Waals surface area contributed by atoms with Crippen molar-refractivity contribution in [1.29, 1.82) is 0 Å². The molecule has 3 aromatic rings. The molecule has 5 rings (SSSR count). The maximum absolute atomic E-state index is 13.1. The van der Waals surface area contributed by atoms with Crippen LogP contribution in [0.4, 0.5) is 38.1 Å². The molecule has 0 amide bonds. The predicted molar refractivity (Wildman–Crippen MR) is 109 cm³/mol. The molecule has 182 valence electrons. The monoisotopic (exact) mass is 486 g/mol. The van der Waals surface area contributed by atoms with E-state index in [0.717, 1.165) is 23.6 Å².